The molecule has 2 aromatic heterocycles. The van der Waals surface area contributed by atoms with Crippen molar-refractivity contribution in [3.05, 3.63) is 57.9 Å². The largest absolute Gasteiger partial charge is 0.494 e. The SMILES string of the molecule is COc1cc([N+](=O)[O-])ccc1Nc1ncc(Cl)c(N(O)c2cccnc2SC(C)C)n1. The van der Waals surface area contributed by atoms with E-state index in [0.29, 0.717) is 16.4 Å². The number of nitro benzene ring substituents is 1. The summed E-state index contributed by atoms with van der Waals surface area (Å²) in [6, 6.07) is 7.47. The topological polar surface area (TPSA) is 127 Å². The van der Waals surface area contributed by atoms with Crippen LogP contribution in [0.4, 0.5) is 28.8 Å². The number of ether oxygens (including phenoxy) is 1. The second-order valence-corrected chi connectivity index (χ2v) is 8.41. The predicted octanol–water partition coefficient (Wildman–Crippen LogP) is 5.21. The molecule has 0 radical (unpaired) electrons. The van der Waals surface area contributed by atoms with Crippen LogP contribution in [0.1, 0.15) is 13.8 Å². The molecule has 0 atom stereocenters. The number of aromatic nitrogens is 3. The smallest absolute Gasteiger partial charge is 0.273 e. The molecule has 12 heteroatoms. The molecule has 10 nitrogen and oxygen atoms in total. The number of methoxy groups -OCH3 is 1. The summed E-state index contributed by atoms with van der Waals surface area (Å²) < 4.78 is 5.21. The number of hydrogen-bond donors (Lipinski definition) is 2. The van der Waals surface area contributed by atoms with Gasteiger partial charge in [-0.05, 0) is 18.2 Å². The highest BCUT2D eigenvalue weighted by atomic mass is 35.5. The summed E-state index contributed by atoms with van der Waals surface area (Å²) in [4.78, 5) is 23.2. The third kappa shape index (κ3) is 5.32. The maximum absolute atomic E-state index is 11.0. The van der Waals surface area contributed by atoms with Crippen molar-refractivity contribution in [3.63, 3.8) is 0 Å². The Kier molecular flexibility index (Phi) is 7.10. The molecule has 2 N–H and O–H groups in total. The number of non-ortho nitro benzene ring substituents is 1. The van der Waals surface area contributed by atoms with E-state index in [2.05, 4.69) is 20.3 Å². The van der Waals surface area contributed by atoms with Gasteiger partial charge in [-0.1, -0.05) is 25.4 Å². The van der Waals surface area contributed by atoms with Crippen LogP contribution in [0.25, 0.3) is 0 Å². The number of nitrogens with one attached hydrogen (secondary N) is 1. The predicted molar refractivity (Wildman–Crippen MR) is 119 cm³/mol. The van der Waals surface area contributed by atoms with Gasteiger partial charge in [-0.2, -0.15) is 4.98 Å². The first kappa shape index (κ1) is 22.5. The fourth-order valence-electron chi connectivity index (χ4n) is 2.56. The summed E-state index contributed by atoms with van der Waals surface area (Å²) in [6.07, 6.45) is 2.97. The zero-order chi connectivity index (χ0) is 22.5. The van der Waals surface area contributed by atoms with Crippen LogP contribution < -0.4 is 15.1 Å². The van der Waals surface area contributed by atoms with Crippen molar-refractivity contribution in [1.29, 1.82) is 0 Å². The number of anilines is 4. The molecule has 0 saturated heterocycles. The van der Waals surface area contributed by atoms with E-state index in [0.717, 1.165) is 5.06 Å². The van der Waals surface area contributed by atoms with E-state index < -0.39 is 4.92 Å². The average Bonchev–Trinajstić information content (AvgIpc) is 2.74. The summed E-state index contributed by atoms with van der Waals surface area (Å²) in [5.74, 6) is 0.379. The maximum atomic E-state index is 11.0. The Bertz CT molecular complexity index is 1100. The Morgan fingerprint density at radius 3 is 2.77 bits per heavy atom. The van der Waals surface area contributed by atoms with Crippen LogP contribution >= 0.6 is 23.4 Å². The maximum Gasteiger partial charge on any atom is 0.273 e. The number of halogens is 1. The minimum atomic E-state index is -0.520. The van der Waals surface area contributed by atoms with Gasteiger partial charge < -0.3 is 10.1 Å². The highest BCUT2D eigenvalue weighted by Crippen LogP contribution is 2.36. The van der Waals surface area contributed by atoms with E-state index in [1.807, 2.05) is 13.8 Å². The monoisotopic (exact) mass is 462 g/mol. The fourth-order valence-corrected chi connectivity index (χ4v) is 3.57. The molecule has 3 aromatic rings. The number of benzene rings is 1. The molecule has 162 valence electrons. The second kappa shape index (κ2) is 9.77. The first-order valence-corrected chi connectivity index (χ1v) is 10.3. The van der Waals surface area contributed by atoms with Crippen LogP contribution in [0.3, 0.4) is 0 Å². The molecule has 2 heterocycles. The number of thioether (sulfide) groups is 1. The van der Waals surface area contributed by atoms with Crippen LogP contribution in [0.5, 0.6) is 5.75 Å². The molecule has 0 aliphatic rings. The van der Waals surface area contributed by atoms with Crippen LogP contribution in [0, 0.1) is 10.1 Å². The highest BCUT2D eigenvalue weighted by Gasteiger charge is 2.19. The Morgan fingerprint density at radius 2 is 2.10 bits per heavy atom. The van der Waals surface area contributed by atoms with Crippen molar-refractivity contribution in [2.24, 2.45) is 0 Å². The van der Waals surface area contributed by atoms with E-state index in [-0.39, 0.29) is 33.5 Å². The van der Waals surface area contributed by atoms with Gasteiger partial charge in [0.25, 0.3) is 5.69 Å². The van der Waals surface area contributed by atoms with Crippen LogP contribution in [0.2, 0.25) is 5.02 Å². The lowest BCUT2D eigenvalue weighted by molar-refractivity contribution is -0.384. The minimum absolute atomic E-state index is 0.0404. The van der Waals surface area contributed by atoms with Crippen LogP contribution in [0.15, 0.2) is 47.8 Å². The number of rotatable bonds is 8. The number of nitro groups is 1. The average molecular weight is 463 g/mol. The molecule has 1 aromatic carbocycles. The molecule has 0 fully saturated rings. The van der Waals surface area contributed by atoms with Crippen molar-refractivity contribution in [3.8, 4) is 5.75 Å². The van der Waals surface area contributed by atoms with Gasteiger partial charge in [-0.15, -0.1) is 11.8 Å². The lowest BCUT2D eigenvalue weighted by atomic mass is 10.2. The molecular formula is C19H19ClN6O4S. The van der Waals surface area contributed by atoms with Gasteiger partial charge in [0, 0.05) is 17.5 Å². The summed E-state index contributed by atoms with van der Waals surface area (Å²) in [7, 11) is 1.39. The Labute approximate surface area is 187 Å². The molecule has 31 heavy (non-hydrogen) atoms. The summed E-state index contributed by atoms with van der Waals surface area (Å²) >= 11 is 7.72. The highest BCUT2D eigenvalue weighted by molar-refractivity contribution is 7.99. The van der Waals surface area contributed by atoms with Gasteiger partial charge in [0.2, 0.25) is 5.95 Å². The minimum Gasteiger partial charge on any atom is -0.494 e. The van der Waals surface area contributed by atoms with Gasteiger partial charge >= 0.3 is 0 Å². The molecule has 3 rings (SSSR count). The molecule has 0 bridgehead atoms. The van der Waals surface area contributed by atoms with Gasteiger partial charge in [0.05, 0.1) is 30.0 Å². The second-order valence-electron chi connectivity index (χ2n) is 6.44. The Balaban J connectivity index is 1.94. The van der Waals surface area contributed by atoms with Crippen molar-refractivity contribution in [1.82, 2.24) is 15.0 Å². The third-order valence-electron chi connectivity index (χ3n) is 3.90. The Morgan fingerprint density at radius 1 is 1.32 bits per heavy atom. The van der Waals surface area contributed by atoms with E-state index in [9.17, 15) is 15.3 Å². The van der Waals surface area contributed by atoms with Crippen molar-refractivity contribution in [2.75, 3.05) is 17.5 Å². The summed E-state index contributed by atoms with van der Waals surface area (Å²) in [5, 5.41) is 26.6. The number of hydrogen-bond acceptors (Lipinski definition) is 10. The lowest BCUT2D eigenvalue weighted by Gasteiger charge is -2.20. The molecule has 0 aliphatic heterocycles. The van der Waals surface area contributed by atoms with Gasteiger partial charge in [0.15, 0.2) is 5.82 Å². The van der Waals surface area contributed by atoms with Gasteiger partial charge in [-0.3, -0.25) is 15.3 Å². The van der Waals surface area contributed by atoms with Gasteiger partial charge in [-0.25, -0.2) is 15.0 Å². The van der Waals surface area contributed by atoms with Crippen LogP contribution in [-0.4, -0.2) is 37.4 Å². The molecule has 0 unspecified atom stereocenters. The molecule has 0 aliphatic carbocycles. The zero-order valence-electron chi connectivity index (χ0n) is 16.8. The van der Waals surface area contributed by atoms with E-state index >= 15 is 0 Å². The number of pyridine rings is 1. The van der Waals surface area contributed by atoms with Crippen molar-refractivity contribution in [2.45, 2.75) is 24.1 Å². The first-order chi connectivity index (χ1) is 14.8. The molecule has 0 amide bonds. The number of nitrogens with zero attached hydrogens (tertiary/aromatic N) is 5. The summed E-state index contributed by atoms with van der Waals surface area (Å²) in [5.41, 5.74) is 0.706. The lowest BCUT2D eigenvalue weighted by Crippen LogP contribution is -2.15. The van der Waals surface area contributed by atoms with Gasteiger partial charge in [0.1, 0.15) is 21.5 Å². The zero-order valence-corrected chi connectivity index (χ0v) is 18.4. The third-order valence-corrected chi connectivity index (χ3v) is 5.17. The normalized spacial score (nSPS) is 10.8. The van der Waals surface area contributed by atoms with Crippen LogP contribution in [-0.2, 0) is 0 Å². The molecular weight excluding hydrogens is 444 g/mol. The van der Waals surface area contributed by atoms with Crippen molar-refractivity contribution < 1.29 is 14.9 Å². The quantitative estimate of drug-likeness (QED) is 0.261. The Hall–Kier alpha value is -3.15. The van der Waals surface area contributed by atoms with Crippen molar-refractivity contribution >= 4 is 52.2 Å². The summed E-state index contributed by atoms with van der Waals surface area (Å²) in [6.45, 7) is 4.03. The standard InChI is InChI=1S/C19H19ClN6O4S/c1-11(2)31-18-15(5-4-8-21-18)25(27)17-13(20)10-22-19(24-17)23-14-7-6-12(26(28)29)9-16(14)30-3/h4-11,27H,1-3H3,(H,22,23,24). The van der Waals surface area contributed by atoms with E-state index in [1.54, 1.807) is 18.3 Å². The molecule has 0 spiro atoms. The van der Waals surface area contributed by atoms with E-state index in [4.69, 9.17) is 16.3 Å². The fraction of sp³-hybridized carbons (Fsp3) is 0.211. The molecule has 0 saturated carbocycles. The van der Waals surface area contributed by atoms with E-state index in [1.165, 1.54) is 43.3 Å². The first-order valence-electron chi connectivity index (χ1n) is 9.02.